The fourth-order valence-corrected chi connectivity index (χ4v) is 2.25. The van der Waals surface area contributed by atoms with E-state index < -0.39 is 0 Å². The van der Waals surface area contributed by atoms with Crippen molar-refractivity contribution in [2.45, 2.75) is 45.6 Å². The van der Waals surface area contributed by atoms with E-state index in [9.17, 15) is 4.79 Å². The van der Waals surface area contributed by atoms with Gasteiger partial charge in [0.1, 0.15) is 0 Å². The topological polar surface area (TPSA) is 54.0 Å². The molecule has 1 heterocycles. The SMILES string of the molecule is CCNc1cc(C)ncc1C(=O)NC1(C)CCC1. The molecule has 0 aliphatic heterocycles. The van der Waals surface area contributed by atoms with Gasteiger partial charge in [-0.2, -0.15) is 0 Å². The van der Waals surface area contributed by atoms with Crippen molar-refractivity contribution in [1.82, 2.24) is 10.3 Å². The summed E-state index contributed by atoms with van der Waals surface area (Å²) in [6, 6.07) is 1.92. The highest BCUT2D eigenvalue weighted by atomic mass is 16.1. The summed E-state index contributed by atoms with van der Waals surface area (Å²) in [5, 5.41) is 6.33. The minimum Gasteiger partial charge on any atom is -0.385 e. The van der Waals surface area contributed by atoms with Crippen LogP contribution in [0.2, 0.25) is 0 Å². The summed E-state index contributed by atoms with van der Waals surface area (Å²) in [5.74, 6) is -0.0272. The molecule has 1 aromatic heterocycles. The van der Waals surface area contributed by atoms with Crippen LogP contribution in [0.25, 0.3) is 0 Å². The van der Waals surface area contributed by atoms with E-state index in [4.69, 9.17) is 0 Å². The van der Waals surface area contributed by atoms with Crippen LogP contribution in [0.5, 0.6) is 0 Å². The molecule has 0 bridgehead atoms. The fraction of sp³-hybridized carbons (Fsp3) is 0.571. The number of aromatic nitrogens is 1. The summed E-state index contributed by atoms with van der Waals surface area (Å²) in [6.07, 6.45) is 4.98. The van der Waals surface area contributed by atoms with Crippen molar-refractivity contribution < 1.29 is 4.79 Å². The maximum atomic E-state index is 12.3. The number of carbonyl (C=O) groups excluding carboxylic acids is 1. The molecule has 1 fully saturated rings. The molecule has 1 aliphatic rings. The van der Waals surface area contributed by atoms with Crippen molar-refractivity contribution in [3.8, 4) is 0 Å². The number of aryl methyl sites for hydroxylation is 1. The van der Waals surface area contributed by atoms with Gasteiger partial charge in [0, 0.05) is 24.0 Å². The van der Waals surface area contributed by atoms with Crippen LogP contribution in [0.4, 0.5) is 5.69 Å². The van der Waals surface area contributed by atoms with E-state index >= 15 is 0 Å². The number of carbonyl (C=O) groups is 1. The Morgan fingerprint density at radius 3 is 2.78 bits per heavy atom. The van der Waals surface area contributed by atoms with Gasteiger partial charge in [-0.3, -0.25) is 9.78 Å². The van der Waals surface area contributed by atoms with Gasteiger partial charge >= 0.3 is 0 Å². The maximum absolute atomic E-state index is 12.3. The van der Waals surface area contributed by atoms with Crippen molar-refractivity contribution in [3.05, 3.63) is 23.5 Å². The van der Waals surface area contributed by atoms with E-state index in [1.54, 1.807) is 6.20 Å². The van der Waals surface area contributed by atoms with E-state index in [0.29, 0.717) is 5.56 Å². The van der Waals surface area contributed by atoms with Gasteiger partial charge in [-0.15, -0.1) is 0 Å². The molecule has 0 spiro atoms. The molecule has 98 valence electrons. The van der Waals surface area contributed by atoms with Crippen LogP contribution in [-0.4, -0.2) is 23.0 Å². The number of amides is 1. The standard InChI is InChI=1S/C14H21N3O/c1-4-15-12-8-10(2)16-9-11(12)13(18)17-14(3)6-5-7-14/h8-9H,4-7H2,1-3H3,(H,15,16)(H,17,18). The molecule has 0 saturated heterocycles. The molecule has 1 aliphatic carbocycles. The Hall–Kier alpha value is -1.58. The Morgan fingerprint density at radius 1 is 1.50 bits per heavy atom. The van der Waals surface area contributed by atoms with Crippen molar-refractivity contribution in [3.63, 3.8) is 0 Å². The van der Waals surface area contributed by atoms with Crippen LogP contribution in [0.15, 0.2) is 12.3 Å². The number of rotatable bonds is 4. The first-order valence-electron chi connectivity index (χ1n) is 6.57. The molecular weight excluding hydrogens is 226 g/mol. The largest absolute Gasteiger partial charge is 0.385 e. The van der Waals surface area contributed by atoms with Gasteiger partial charge in [0.2, 0.25) is 0 Å². The number of nitrogens with one attached hydrogen (secondary N) is 2. The van der Waals surface area contributed by atoms with E-state index in [0.717, 1.165) is 30.8 Å². The molecule has 0 aromatic carbocycles. The third-order valence-corrected chi connectivity index (χ3v) is 3.52. The second-order valence-corrected chi connectivity index (χ2v) is 5.27. The van der Waals surface area contributed by atoms with Crippen LogP contribution < -0.4 is 10.6 Å². The Morgan fingerprint density at radius 2 is 2.22 bits per heavy atom. The molecule has 18 heavy (non-hydrogen) atoms. The van der Waals surface area contributed by atoms with E-state index in [2.05, 4.69) is 22.5 Å². The molecule has 1 aromatic rings. The first-order chi connectivity index (χ1) is 8.54. The predicted molar refractivity (Wildman–Crippen MR) is 72.9 cm³/mol. The average molecular weight is 247 g/mol. The van der Waals surface area contributed by atoms with Crippen LogP contribution in [-0.2, 0) is 0 Å². The lowest BCUT2D eigenvalue weighted by molar-refractivity contribution is 0.0851. The Kier molecular flexibility index (Phi) is 3.55. The molecule has 2 N–H and O–H groups in total. The summed E-state index contributed by atoms with van der Waals surface area (Å²) in [7, 11) is 0. The minimum absolute atomic E-state index is 0.0224. The van der Waals surface area contributed by atoms with Gasteiger partial charge in [0.25, 0.3) is 5.91 Å². The second-order valence-electron chi connectivity index (χ2n) is 5.27. The number of hydrogen-bond donors (Lipinski definition) is 2. The number of anilines is 1. The van der Waals surface area contributed by atoms with Gasteiger partial charge < -0.3 is 10.6 Å². The van der Waals surface area contributed by atoms with Crippen molar-refractivity contribution in [2.24, 2.45) is 0 Å². The normalized spacial score (nSPS) is 16.8. The number of hydrogen-bond acceptors (Lipinski definition) is 3. The Balaban J connectivity index is 2.18. The third kappa shape index (κ3) is 2.63. The summed E-state index contributed by atoms with van der Waals surface area (Å²) in [4.78, 5) is 16.5. The Bertz CT molecular complexity index is 452. The lowest BCUT2D eigenvalue weighted by Gasteiger charge is -2.39. The van der Waals surface area contributed by atoms with E-state index in [1.165, 1.54) is 6.42 Å². The van der Waals surface area contributed by atoms with Crippen LogP contribution in [0, 0.1) is 6.92 Å². The molecule has 0 atom stereocenters. The summed E-state index contributed by atoms with van der Waals surface area (Å²) in [5.41, 5.74) is 2.39. The number of nitrogens with zero attached hydrogens (tertiary/aromatic N) is 1. The van der Waals surface area contributed by atoms with Gasteiger partial charge in [-0.05, 0) is 46.1 Å². The average Bonchev–Trinajstić information content (AvgIpc) is 2.27. The number of pyridine rings is 1. The van der Waals surface area contributed by atoms with Gasteiger partial charge in [0.15, 0.2) is 0 Å². The van der Waals surface area contributed by atoms with Crippen LogP contribution in [0.3, 0.4) is 0 Å². The predicted octanol–water partition coefficient (Wildman–Crippen LogP) is 2.49. The van der Waals surface area contributed by atoms with Gasteiger partial charge in [-0.1, -0.05) is 0 Å². The lowest BCUT2D eigenvalue weighted by atomic mass is 9.78. The van der Waals surface area contributed by atoms with Crippen molar-refractivity contribution >= 4 is 11.6 Å². The third-order valence-electron chi connectivity index (χ3n) is 3.52. The first kappa shape index (κ1) is 12.9. The van der Waals surface area contributed by atoms with Gasteiger partial charge in [-0.25, -0.2) is 0 Å². The maximum Gasteiger partial charge on any atom is 0.255 e. The summed E-state index contributed by atoms with van der Waals surface area (Å²) in [6.45, 7) is 6.84. The quantitative estimate of drug-likeness (QED) is 0.859. The molecule has 2 rings (SSSR count). The highest BCUT2D eigenvalue weighted by molar-refractivity contribution is 5.99. The fourth-order valence-electron chi connectivity index (χ4n) is 2.25. The summed E-state index contributed by atoms with van der Waals surface area (Å²) < 4.78 is 0. The molecule has 4 heteroatoms. The van der Waals surface area contributed by atoms with E-state index in [-0.39, 0.29) is 11.4 Å². The molecule has 1 saturated carbocycles. The second kappa shape index (κ2) is 4.96. The van der Waals surface area contributed by atoms with Crippen LogP contribution in [0.1, 0.15) is 49.2 Å². The zero-order valence-electron chi connectivity index (χ0n) is 11.3. The molecule has 0 unspecified atom stereocenters. The van der Waals surface area contributed by atoms with Crippen molar-refractivity contribution in [1.29, 1.82) is 0 Å². The Labute approximate surface area is 108 Å². The van der Waals surface area contributed by atoms with Crippen LogP contribution >= 0.6 is 0 Å². The smallest absolute Gasteiger partial charge is 0.255 e. The molecule has 1 amide bonds. The highest BCUT2D eigenvalue weighted by Gasteiger charge is 2.33. The van der Waals surface area contributed by atoms with E-state index in [1.807, 2.05) is 19.9 Å². The molecule has 4 nitrogen and oxygen atoms in total. The monoisotopic (exact) mass is 247 g/mol. The van der Waals surface area contributed by atoms with Crippen molar-refractivity contribution in [2.75, 3.05) is 11.9 Å². The lowest BCUT2D eigenvalue weighted by Crippen LogP contribution is -2.51. The van der Waals surface area contributed by atoms with Gasteiger partial charge in [0.05, 0.1) is 11.3 Å². The molecule has 0 radical (unpaired) electrons. The first-order valence-corrected chi connectivity index (χ1v) is 6.57. The highest BCUT2D eigenvalue weighted by Crippen LogP contribution is 2.31. The zero-order chi connectivity index (χ0) is 13.2. The zero-order valence-corrected chi connectivity index (χ0v) is 11.3. The minimum atomic E-state index is -0.0272. The summed E-state index contributed by atoms with van der Waals surface area (Å²) >= 11 is 0. The molecular formula is C14H21N3O.